The minimum absolute atomic E-state index is 0.108. The molecule has 0 radical (unpaired) electrons. The summed E-state index contributed by atoms with van der Waals surface area (Å²) < 4.78 is 15.4. The van der Waals surface area contributed by atoms with Gasteiger partial charge in [0, 0.05) is 12.1 Å². The van der Waals surface area contributed by atoms with Gasteiger partial charge in [-0.1, -0.05) is 6.07 Å². The second-order valence-corrected chi connectivity index (χ2v) is 5.54. The molecule has 1 amide bonds. The molecule has 0 bridgehead atoms. The summed E-state index contributed by atoms with van der Waals surface area (Å²) in [5.41, 5.74) is 2.07. The summed E-state index contributed by atoms with van der Waals surface area (Å²) in [4.78, 5) is 23.7. The van der Waals surface area contributed by atoms with Gasteiger partial charge in [-0.3, -0.25) is 4.79 Å². The van der Waals surface area contributed by atoms with E-state index in [0.29, 0.717) is 42.2 Å². The Morgan fingerprint density at radius 1 is 0.962 bits per heavy atom. The van der Waals surface area contributed by atoms with Crippen molar-refractivity contribution in [3.05, 3.63) is 53.6 Å². The van der Waals surface area contributed by atoms with Gasteiger partial charge in [-0.05, 0) is 55.3 Å². The molecular weight excluding hydrogens is 334 g/mol. The van der Waals surface area contributed by atoms with E-state index >= 15 is 0 Å². The summed E-state index contributed by atoms with van der Waals surface area (Å²) in [6.45, 7) is 2.08. The molecule has 0 spiro atoms. The summed E-state index contributed by atoms with van der Waals surface area (Å²) in [5, 5.41) is 2.81. The van der Waals surface area contributed by atoms with Crippen LogP contribution < -0.4 is 14.8 Å². The number of hydrogen-bond donors (Lipinski definition) is 1. The molecule has 0 heterocycles. The molecule has 0 saturated heterocycles. The third-order valence-corrected chi connectivity index (χ3v) is 3.77. The molecule has 0 aliphatic heterocycles. The predicted octanol–water partition coefficient (Wildman–Crippen LogP) is 3.45. The maximum Gasteiger partial charge on any atom is 0.338 e. The smallest absolute Gasteiger partial charge is 0.338 e. The molecule has 2 aromatic rings. The maximum atomic E-state index is 12.1. The molecule has 0 aliphatic rings. The molecule has 0 saturated carbocycles. The summed E-state index contributed by atoms with van der Waals surface area (Å²) in [5.74, 6) is 0.810. The van der Waals surface area contributed by atoms with Crippen LogP contribution in [-0.2, 0) is 16.0 Å². The Morgan fingerprint density at radius 2 is 1.65 bits per heavy atom. The van der Waals surface area contributed by atoms with Crippen LogP contribution in [0.25, 0.3) is 0 Å². The standard InChI is InChI=1S/C20H23NO5/c1-4-26-20(23)15-7-9-16(10-8-15)21-19(22)12-6-14-5-11-17(24-2)18(13-14)25-3/h5,7-11,13H,4,6,12H2,1-3H3,(H,21,22). The number of esters is 1. The minimum atomic E-state index is -0.376. The molecule has 1 N–H and O–H groups in total. The van der Waals surface area contributed by atoms with Gasteiger partial charge in [-0.15, -0.1) is 0 Å². The molecule has 0 atom stereocenters. The maximum absolute atomic E-state index is 12.1. The fourth-order valence-electron chi connectivity index (χ4n) is 2.42. The van der Waals surface area contributed by atoms with Gasteiger partial charge in [-0.2, -0.15) is 0 Å². The first-order valence-corrected chi connectivity index (χ1v) is 8.35. The number of carbonyl (C=O) groups is 2. The van der Waals surface area contributed by atoms with Gasteiger partial charge < -0.3 is 19.5 Å². The minimum Gasteiger partial charge on any atom is -0.493 e. The molecule has 6 heteroatoms. The van der Waals surface area contributed by atoms with Crippen LogP contribution in [0.4, 0.5) is 5.69 Å². The summed E-state index contributed by atoms with van der Waals surface area (Å²) in [6.07, 6.45) is 0.905. The average molecular weight is 357 g/mol. The van der Waals surface area contributed by atoms with Gasteiger partial charge in [-0.25, -0.2) is 4.79 Å². The van der Waals surface area contributed by atoms with Crippen LogP contribution in [0.15, 0.2) is 42.5 Å². The third kappa shape index (κ3) is 5.24. The highest BCUT2D eigenvalue weighted by molar-refractivity contribution is 5.93. The summed E-state index contributed by atoms with van der Waals surface area (Å²) in [6, 6.07) is 12.2. The SMILES string of the molecule is CCOC(=O)c1ccc(NC(=O)CCc2ccc(OC)c(OC)c2)cc1. The zero-order valence-corrected chi connectivity index (χ0v) is 15.2. The lowest BCUT2D eigenvalue weighted by molar-refractivity contribution is -0.116. The van der Waals surface area contributed by atoms with E-state index < -0.39 is 0 Å². The number of ether oxygens (including phenoxy) is 3. The van der Waals surface area contributed by atoms with Gasteiger partial charge in [0.2, 0.25) is 5.91 Å². The number of benzene rings is 2. The highest BCUT2D eigenvalue weighted by Gasteiger charge is 2.09. The van der Waals surface area contributed by atoms with E-state index in [0.717, 1.165) is 5.56 Å². The number of aryl methyl sites for hydroxylation is 1. The van der Waals surface area contributed by atoms with Crippen molar-refractivity contribution in [1.82, 2.24) is 0 Å². The van der Waals surface area contributed by atoms with Gasteiger partial charge in [0.05, 0.1) is 26.4 Å². The van der Waals surface area contributed by atoms with Crippen molar-refractivity contribution in [3.8, 4) is 11.5 Å². The van der Waals surface area contributed by atoms with E-state index in [1.807, 2.05) is 18.2 Å². The molecule has 26 heavy (non-hydrogen) atoms. The largest absolute Gasteiger partial charge is 0.493 e. The molecule has 0 aliphatic carbocycles. The summed E-state index contributed by atoms with van der Waals surface area (Å²) in [7, 11) is 3.16. The van der Waals surface area contributed by atoms with E-state index in [1.165, 1.54) is 0 Å². The zero-order valence-electron chi connectivity index (χ0n) is 15.2. The molecule has 6 nitrogen and oxygen atoms in total. The molecule has 0 unspecified atom stereocenters. The highest BCUT2D eigenvalue weighted by atomic mass is 16.5. The Morgan fingerprint density at radius 3 is 2.27 bits per heavy atom. The van der Waals surface area contributed by atoms with Crippen molar-refractivity contribution in [2.75, 3.05) is 26.1 Å². The van der Waals surface area contributed by atoms with E-state index in [1.54, 1.807) is 45.4 Å². The highest BCUT2D eigenvalue weighted by Crippen LogP contribution is 2.28. The topological polar surface area (TPSA) is 73.9 Å². The molecule has 0 aromatic heterocycles. The molecule has 2 aromatic carbocycles. The molecule has 0 fully saturated rings. The van der Waals surface area contributed by atoms with Crippen LogP contribution in [0.1, 0.15) is 29.3 Å². The number of carbonyl (C=O) groups excluding carboxylic acids is 2. The van der Waals surface area contributed by atoms with Crippen molar-refractivity contribution in [2.45, 2.75) is 19.8 Å². The van der Waals surface area contributed by atoms with Gasteiger partial charge in [0.1, 0.15) is 0 Å². The number of amides is 1. The van der Waals surface area contributed by atoms with Gasteiger partial charge in [0.25, 0.3) is 0 Å². The fourth-order valence-corrected chi connectivity index (χ4v) is 2.42. The van der Waals surface area contributed by atoms with E-state index in [9.17, 15) is 9.59 Å². The predicted molar refractivity (Wildman–Crippen MR) is 98.9 cm³/mol. The Kier molecular flexibility index (Phi) is 7.02. The molecule has 2 rings (SSSR count). The first kappa shape index (κ1) is 19.3. The first-order valence-electron chi connectivity index (χ1n) is 8.35. The number of anilines is 1. The quantitative estimate of drug-likeness (QED) is 0.733. The van der Waals surface area contributed by atoms with Crippen LogP contribution in [0, 0.1) is 0 Å². The Labute approximate surface area is 153 Å². The number of methoxy groups -OCH3 is 2. The van der Waals surface area contributed by atoms with Gasteiger partial charge >= 0.3 is 5.97 Å². The van der Waals surface area contributed by atoms with E-state index in [2.05, 4.69) is 5.32 Å². The number of rotatable bonds is 8. The second-order valence-electron chi connectivity index (χ2n) is 5.54. The van der Waals surface area contributed by atoms with E-state index in [-0.39, 0.29) is 11.9 Å². The van der Waals surface area contributed by atoms with Gasteiger partial charge in [0.15, 0.2) is 11.5 Å². The van der Waals surface area contributed by atoms with Crippen LogP contribution in [0.3, 0.4) is 0 Å². The van der Waals surface area contributed by atoms with Crippen molar-refractivity contribution >= 4 is 17.6 Å². The van der Waals surface area contributed by atoms with Crippen molar-refractivity contribution in [1.29, 1.82) is 0 Å². The average Bonchev–Trinajstić information content (AvgIpc) is 2.66. The summed E-state index contributed by atoms with van der Waals surface area (Å²) >= 11 is 0. The molecular formula is C20H23NO5. The number of hydrogen-bond acceptors (Lipinski definition) is 5. The lowest BCUT2D eigenvalue weighted by Gasteiger charge is -2.10. The van der Waals surface area contributed by atoms with Crippen LogP contribution in [0.2, 0.25) is 0 Å². The van der Waals surface area contributed by atoms with Crippen molar-refractivity contribution < 1.29 is 23.8 Å². The molecule has 138 valence electrons. The monoisotopic (exact) mass is 357 g/mol. The fraction of sp³-hybridized carbons (Fsp3) is 0.300. The van der Waals surface area contributed by atoms with Crippen molar-refractivity contribution in [3.63, 3.8) is 0 Å². The van der Waals surface area contributed by atoms with Crippen LogP contribution in [0.5, 0.6) is 11.5 Å². The normalized spacial score (nSPS) is 10.1. The van der Waals surface area contributed by atoms with E-state index in [4.69, 9.17) is 14.2 Å². The Hall–Kier alpha value is -3.02. The Bertz CT molecular complexity index is 755. The first-order chi connectivity index (χ1) is 12.6. The lowest BCUT2D eigenvalue weighted by Crippen LogP contribution is -2.12. The van der Waals surface area contributed by atoms with Crippen LogP contribution >= 0.6 is 0 Å². The Balaban J connectivity index is 1.90. The van der Waals surface area contributed by atoms with Crippen molar-refractivity contribution in [2.24, 2.45) is 0 Å². The number of nitrogens with one attached hydrogen (secondary N) is 1. The lowest BCUT2D eigenvalue weighted by atomic mass is 10.1. The third-order valence-electron chi connectivity index (χ3n) is 3.77. The zero-order chi connectivity index (χ0) is 18.9. The van der Waals surface area contributed by atoms with Crippen LogP contribution in [-0.4, -0.2) is 32.7 Å². The second kappa shape index (κ2) is 9.46.